The fraction of sp³-hybridized carbons (Fsp3) is 0.400. The predicted octanol–water partition coefficient (Wildman–Crippen LogP) is 3.73. The molecule has 41 heavy (non-hydrogen) atoms. The molecule has 2 aromatic heterocycles. The van der Waals surface area contributed by atoms with Crippen molar-refractivity contribution in [2.24, 2.45) is 5.92 Å². The van der Waals surface area contributed by atoms with Crippen LogP contribution in [-0.2, 0) is 9.59 Å². The van der Waals surface area contributed by atoms with Gasteiger partial charge in [0.25, 0.3) is 11.8 Å². The van der Waals surface area contributed by atoms with Crippen LogP contribution >= 0.6 is 0 Å². The van der Waals surface area contributed by atoms with Crippen LogP contribution in [0.5, 0.6) is 0 Å². The summed E-state index contributed by atoms with van der Waals surface area (Å²) in [6.45, 7) is 2.38. The van der Waals surface area contributed by atoms with Crippen molar-refractivity contribution in [2.75, 3.05) is 11.9 Å². The van der Waals surface area contributed by atoms with Gasteiger partial charge in [-0.3, -0.25) is 34.1 Å². The van der Waals surface area contributed by atoms with Gasteiger partial charge in [-0.05, 0) is 75.3 Å². The number of nitrogens with zero attached hydrogens (tertiary/aromatic N) is 4. The second kappa shape index (κ2) is 9.60. The summed E-state index contributed by atoms with van der Waals surface area (Å²) in [7, 11) is 0. The quantitative estimate of drug-likeness (QED) is 0.425. The Morgan fingerprint density at radius 3 is 2.51 bits per heavy atom. The molecule has 2 N–H and O–H groups in total. The number of hydrogen-bond donors (Lipinski definition) is 2. The van der Waals surface area contributed by atoms with Gasteiger partial charge in [0, 0.05) is 36.3 Å². The summed E-state index contributed by atoms with van der Waals surface area (Å²) in [6, 6.07) is 7.53. The molecule has 0 bridgehead atoms. The fourth-order valence-electron chi connectivity index (χ4n) is 6.07. The van der Waals surface area contributed by atoms with E-state index in [0.29, 0.717) is 24.1 Å². The van der Waals surface area contributed by atoms with Crippen molar-refractivity contribution in [3.8, 4) is 11.3 Å². The van der Waals surface area contributed by atoms with Crippen LogP contribution in [0.25, 0.3) is 11.3 Å². The molecule has 1 atom stereocenters. The Kier molecular flexibility index (Phi) is 5.98. The third-order valence-corrected chi connectivity index (χ3v) is 8.64. The number of fused-ring (bicyclic) bond motifs is 1. The van der Waals surface area contributed by atoms with Crippen LogP contribution < -0.4 is 10.6 Å². The highest BCUT2D eigenvalue weighted by Crippen LogP contribution is 2.45. The molecule has 11 heteroatoms. The molecule has 2 saturated carbocycles. The van der Waals surface area contributed by atoms with Crippen molar-refractivity contribution in [1.29, 1.82) is 0 Å². The lowest BCUT2D eigenvalue weighted by Crippen LogP contribution is -2.54. The van der Waals surface area contributed by atoms with E-state index in [4.69, 9.17) is 5.10 Å². The SMILES string of the molecule is Cc1nc(-c2cn([C@H]3C[C@H](CNc4ccc5c(c4)C(=O)N(C4CCC(=O)NC4=O)C5=O)C3)nc2C2CC2)ccc1F. The summed E-state index contributed by atoms with van der Waals surface area (Å²) in [6.07, 6.45) is 6.38. The zero-order valence-corrected chi connectivity index (χ0v) is 22.5. The Hall–Kier alpha value is -4.41. The van der Waals surface area contributed by atoms with E-state index in [1.54, 1.807) is 31.2 Å². The van der Waals surface area contributed by atoms with E-state index in [1.165, 1.54) is 6.07 Å². The highest BCUT2D eigenvalue weighted by atomic mass is 19.1. The molecule has 7 rings (SSSR count). The summed E-state index contributed by atoms with van der Waals surface area (Å²) in [4.78, 5) is 55.2. The normalized spacial score (nSPS) is 23.9. The second-order valence-electron chi connectivity index (χ2n) is 11.5. The van der Waals surface area contributed by atoms with Crippen LogP contribution in [0.15, 0.2) is 36.5 Å². The van der Waals surface area contributed by atoms with Crippen molar-refractivity contribution in [2.45, 2.75) is 63.5 Å². The first-order chi connectivity index (χ1) is 19.8. The number of aromatic nitrogens is 3. The molecule has 0 spiro atoms. The number of benzene rings is 1. The fourth-order valence-corrected chi connectivity index (χ4v) is 6.07. The molecule has 2 aliphatic heterocycles. The maximum absolute atomic E-state index is 13.8. The highest BCUT2D eigenvalue weighted by Gasteiger charge is 2.44. The van der Waals surface area contributed by atoms with Crippen LogP contribution in [0.2, 0.25) is 0 Å². The average Bonchev–Trinajstić information content (AvgIpc) is 3.63. The molecular weight excluding hydrogens is 527 g/mol. The van der Waals surface area contributed by atoms with E-state index < -0.39 is 29.7 Å². The van der Waals surface area contributed by atoms with Gasteiger partial charge in [0.15, 0.2) is 0 Å². The van der Waals surface area contributed by atoms with Gasteiger partial charge in [0.1, 0.15) is 11.9 Å². The predicted molar refractivity (Wildman–Crippen MR) is 145 cm³/mol. The van der Waals surface area contributed by atoms with Gasteiger partial charge in [-0.2, -0.15) is 5.10 Å². The zero-order valence-electron chi connectivity index (χ0n) is 22.5. The third kappa shape index (κ3) is 4.49. The van der Waals surface area contributed by atoms with Crippen LogP contribution in [0.4, 0.5) is 10.1 Å². The van der Waals surface area contributed by atoms with Crippen LogP contribution in [0.1, 0.15) is 82.6 Å². The molecule has 4 heterocycles. The van der Waals surface area contributed by atoms with Crippen molar-refractivity contribution in [3.05, 3.63) is 64.9 Å². The first-order valence-electron chi connectivity index (χ1n) is 14.1. The maximum atomic E-state index is 13.8. The monoisotopic (exact) mass is 556 g/mol. The van der Waals surface area contributed by atoms with Gasteiger partial charge in [-0.1, -0.05) is 0 Å². The van der Waals surface area contributed by atoms with Crippen molar-refractivity contribution >= 4 is 29.3 Å². The van der Waals surface area contributed by atoms with Gasteiger partial charge in [0.2, 0.25) is 11.8 Å². The van der Waals surface area contributed by atoms with Crippen LogP contribution in [-0.4, -0.2) is 55.9 Å². The molecule has 10 nitrogen and oxygen atoms in total. The van der Waals surface area contributed by atoms with E-state index in [-0.39, 0.29) is 35.8 Å². The number of pyridine rings is 1. The number of carbonyl (C=O) groups excluding carboxylic acids is 4. The first kappa shape index (κ1) is 25.6. The van der Waals surface area contributed by atoms with Crippen LogP contribution in [0.3, 0.4) is 0 Å². The zero-order chi connectivity index (χ0) is 28.4. The summed E-state index contributed by atoms with van der Waals surface area (Å²) in [5, 5.41) is 10.5. The standard InChI is InChI=1S/C30H29FN6O4/c1-15-23(31)6-7-24(33-15)22-14-36(35-27(22)17-2-3-17)19-10-16(11-19)13-32-18-4-5-20-21(12-18)30(41)37(29(20)40)25-8-9-26(38)34-28(25)39/h4-7,12,14,16-17,19,25,32H,2-3,8-11,13H2,1H3,(H,34,38,39)/t16-,19-,25?. The number of imide groups is 2. The Morgan fingerprint density at radius 2 is 1.78 bits per heavy atom. The van der Waals surface area contributed by atoms with E-state index in [9.17, 15) is 23.6 Å². The summed E-state index contributed by atoms with van der Waals surface area (Å²) < 4.78 is 15.8. The van der Waals surface area contributed by atoms with Crippen molar-refractivity contribution in [3.63, 3.8) is 0 Å². The molecule has 4 aliphatic rings. The third-order valence-electron chi connectivity index (χ3n) is 8.64. The Balaban J connectivity index is 0.991. The number of amides is 4. The molecule has 1 saturated heterocycles. The highest BCUT2D eigenvalue weighted by molar-refractivity contribution is 6.23. The van der Waals surface area contributed by atoms with E-state index >= 15 is 0 Å². The summed E-state index contributed by atoms with van der Waals surface area (Å²) in [5.74, 6) is -1.50. The van der Waals surface area contributed by atoms with Gasteiger partial charge >= 0.3 is 0 Å². The second-order valence-corrected chi connectivity index (χ2v) is 11.5. The molecule has 3 aromatic rings. The van der Waals surface area contributed by atoms with Gasteiger partial charge in [-0.15, -0.1) is 0 Å². The molecule has 2 aliphatic carbocycles. The average molecular weight is 557 g/mol. The first-order valence-corrected chi connectivity index (χ1v) is 14.1. The Morgan fingerprint density at radius 1 is 1.00 bits per heavy atom. The number of aryl methyl sites for hydroxylation is 1. The number of piperidine rings is 1. The largest absolute Gasteiger partial charge is 0.385 e. The maximum Gasteiger partial charge on any atom is 0.262 e. The lowest BCUT2D eigenvalue weighted by molar-refractivity contribution is -0.136. The van der Waals surface area contributed by atoms with Crippen molar-refractivity contribution < 1.29 is 23.6 Å². The number of hydrogen-bond acceptors (Lipinski definition) is 7. The number of anilines is 1. The van der Waals surface area contributed by atoms with Gasteiger partial charge in [-0.25, -0.2) is 9.37 Å². The summed E-state index contributed by atoms with van der Waals surface area (Å²) >= 11 is 0. The molecule has 1 aromatic carbocycles. The lowest BCUT2D eigenvalue weighted by Gasteiger charge is -2.35. The van der Waals surface area contributed by atoms with Crippen LogP contribution in [0, 0.1) is 18.7 Å². The van der Waals surface area contributed by atoms with E-state index in [1.807, 2.05) is 4.68 Å². The summed E-state index contributed by atoms with van der Waals surface area (Å²) in [5.41, 5.74) is 4.44. The van der Waals surface area contributed by atoms with Crippen molar-refractivity contribution in [1.82, 2.24) is 25.0 Å². The minimum atomic E-state index is -0.977. The Bertz CT molecular complexity index is 1620. The van der Waals surface area contributed by atoms with E-state index in [2.05, 4.69) is 21.8 Å². The number of rotatable bonds is 7. The minimum Gasteiger partial charge on any atom is -0.385 e. The molecule has 0 radical (unpaired) electrons. The topological polar surface area (TPSA) is 126 Å². The van der Waals surface area contributed by atoms with E-state index in [0.717, 1.165) is 53.2 Å². The number of nitrogens with one attached hydrogen (secondary N) is 2. The molecule has 3 fully saturated rings. The van der Waals surface area contributed by atoms with Gasteiger partial charge in [0.05, 0.1) is 34.3 Å². The number of carbonyl (C=O) groups is 4. The smallest absolute Gasteiger partial charge is 0.262 e. The minimum absolute atomic E-state index is 0.0868. The van der Waals surface area contributed by atoms with Gasteiger partial charge < -0.3 is 5.32 Å². The molecule has 210 valence electrons. The number of halogens is 1. The molecule has 1 unspecified atom stereocenters. The Labute approximate surface area is 235 Å². The molecule has 4 amide bonds. The molecular formula is C30H29FN6O4. The lowest BCUT2D eigenvalue weighted by atomic mass is 9.80.